The third-order valence-electron chi connectivity index (χ3n) is 5.70. The molecule has 33 heavy (non-hydrogen) atoms. The Labute approximate surface area is 199 Å². The predicted molar refractivity (Wildman–Crippen MR) is 133 cm³/mol. The Morgan fingerprint density at radius 1 is 1.12 bits per heavy atom. The lowest BCUT2D eigenvalue weighted by atomic mass is 9.97. The van der Waals surface area contributed by atoms with Crippen LogP contribution in [0.1, 0.15) is 28.4 Å². The second-order valence-corrected chi connectivity index (χ2v) is 9.52. The monoisotopic (exact) mass is 477 g/mol. The van der Waals surface area contributed by atoms with E-state index in [-0.39, 0.29) is 11.0 Å². The number of hydrogen-bond donors (Lipinski definition) is 1. The number of nitrogens with zero attached hydrogens (tertiary/aromatic N) is 1. The minimum Gasteiger partial charge on any atom is -0.507 e. The van der Waals surface area contributed by atoms with E-state index in [0.717, 1.165) is 32.8 Å². The van der Waals surface area contributed by atoms with Crippen molar-refractivity contribution in [2.24, 2.45) is 4.99 Å². The van der Waals surface area contributed by atoms with Crippen LogP contribution in [0.5, 0.6) is 11.5 Å². The van der Waals surface area contributed by atoms with Crippen LogP contribution in [0.2, 0.25) is 5.02 Å². The van der Waals surface area contributed by atoms with Crippen molar-refractivity contribution in [1.82, 2.24) is 0 Å². The van der Waals surface area contributed by atoms with Gasteiger partial charge in [-0.1, -0.05) is 23.7 Å². The third-order valence-corrected chi connectivity index (χ3v) is 7.24. The minimum absolute atomic E-state index is 0.0134. The maximum atomic E-state index is 12.2. The van der Waals surface area contributed by atoms with E-state index in [1.54, 1.807) is 37.1 Å². The molecule has 0 bridgehead atoms. The molecular formula is C26H20ClNO4S. The summed E-state index contributed by atoms with van der Waals surface area (Å²) in [6.45, 7) is 1.85. The maximum absolute atomic E-state index is 12.2. The molecule has 0 saturated heterocycles. The molecule has 0 amide bonds. The standard InChI is InChI=1S/C26H20ClNO4S/c1-14-11-24(30)32-26-18(14)8-10-21(29)25(26)20-13-22(15-3-6-17(31-2)7-4-15)33-23-12-16(27)5-9-19(23)28-20/h3-12,22,29H,13H2,1-2H3/t22-/m1/s1. The lowest BCUT2D eigenvalue weighted by Crippen LogP contribution is -2.08. The summed E-state index contributed by atoms with van der Waals surface area (Å²) in [6.07, 6.45) is 0.508. The van der Waals surface area contributed by atoms with Crippen molar-refractivity contribution >= 4 is 45.7 Å². The molecule has 0 fully saturated rings. The Hall–Kier alpha value is -3.22. The fraction of sp³-hybridized carbons (Fsp3) is 0.154. The molecule has 0 aliphatic carbocycles. The highest BCUT2D eigenvalue weighted by atomic mass is 35.5. The highest BCUT2D eigenvalue weighted by Gasteiger charge is 2.26. The number of methoxy groups -OCH3 is 1. The molecule has 166 valence electrons. The van der Waals surface area contributed by atoms with Gasteiger partial charge >= 0.3 is 5.63 Å². The molecule has 5 rings (SSSR count). The number of thioether (sulfide) groups is 1. The smallest absolute Gasteiger partial charge is 0.336 e. The fourth-order valence-electron chi connectivity index (χ4n) is 4.05. The number of aliphatic imine (C=N–C) groups is 1. The van der Waals surface area contributed by atoms with Crippen molar-refractivity contribution in [2.75, 3.05) is 7.11 Å². The van der Waals surface area contributed by atoms with Gasteiger partial charge in [0.25, 0.3) is 0 Å². The lowest BCUT2D eigenvalue weighted by Gasteiger charge is -2.17. The van der Waals surface area contributed by atoms with Crippen molar-refractivity contribution in [3.05, 3.63) is 92.8 Å². The molecule has 0 unspecified atom stereocenters. The first-order chi connectivity index (χ1) is 15.9. The number of fused-ring (bicyclic) bond motifs is 2. The van der Waals surface area contributed by atoms with E-state index in [0.29, 0.717) is 28.3 Å². The summed E-state index contributed by atoms with van der Waals surface area (Å²) in [5, 5.41) is 12.2. The van der Waals surface area contributed by atoms with Gasteiger partial charge in [0.2, 0.25) is 0 Å². The molecule has 1 atom stereocenters. The molecular weight excluding hydrogens is 458 g/mol. The fourth-order valence-corrected chi connectivity index (χ4v) is 5.56. The second kappa shape index (κ2) is 8.61. The first-order valence-electron chi connectivity index (χ1n) is 10.4. The van der Waals surface area contributed by atoms with Crippen LogP contribution in [-0.4, -0.2) is 17.9 Å². The molecule has 1 aliphatic rings. The summed E-state index contributed by atoms with van der Waals surface area (Å²) in [5.74, 6) is 0.796. The SMILES string of the molecule is COc1ccc([C@H]2CC(c3c(O)ccc4c(C)cc(=O)oc34)=Nc3ccc(Cl)cc3S2)cc1. The minimum atomic E-state index is -0.464. The van der Waals surface area contributed by atoms with Crippen LogP contribution in [0.25, 0.3) is 11.0 Å². The van der Waals surface area contributed by atoms with E-state index in [9.17, 15) is 9.90 Å². The van der Waals surface area contributed by atoms with E-state index in [2.05, 4.69) is 0 Å². The summed E-state index contributed by atoms with van der Waals surface area (Å²) in [5.41, 5.74) is 3.57. The van der Waals surface area contributed by atoms with Gasteiger partial charge in [-0.2, -0.15) is 0 Å². The molecule has 1 N–H and O–H groups in total. The maximum Gasteiger partial charge on any atom is 0.336 e. The van der Waals surface area contributed by atoms with E-state index >= 15 is 0 Å². The number of phenols is 1. The Morgan fingerprint density at radius 3 is 2.67 bits per heavy atom. The zero-order chi connectivity index (χ0) is 23.1. The summed E-state index contributed by atoms with van der Waals surface area (Å²) in [4.78, 5) is 18.0. The molecule has 7 heteroatoms. The first kappa shape index (κ1) is 21.6. The van der Waals surface area contributed by atoms with Gasteiger partial charge in [0, 0.05) is 33.0 Å². The molecule has 5 nitrogen and oxygen atoms in total. The average molecular weight is 478 g/mol. The topological polar surface area (TPSA) is 72.0 Å². The zero-order valence-electron chi connectivity index (χ0n) is 18.0. The summed E-state index contributed by atoms with van der Waals surface area (Å²) in [6, 6.07) is 18.3. The lowest BCUT2D eigenvalue weighted by molar-refractivity contribution is 0.414. The van der Waals surface area contributed by atoms with E-state index in [1.165, 1.54) is 6.07 Å². The number of ether oxygens (including phenoxy) is 1. The van der Waals surface area contributed by atoms with Gasteiger partial charge in [-0.25, -0.2) is 4.79 Å². The number of aryl methyl sites for hydroxylation is 1. The molecule has 3 aromatic carbocycles. The van der Waals surface area contributed by atoms with Gasteiger partial charge in [0.05, 0.1) is 24.1 Å². The zero-order valence-corrected chi connectivity index (χ0v) is 19.5. The van der Waals surface area contributed by atoms with Gasteiger partial charge < -0.3 is 14.3 Å². The van der Waals surface area contributed by atoms with Crippen LogP contribution in [0.4, 0.5) is 5.69 Å². The molecule has 1 aromatic heterocycles. The largest absolute Gasteiger partial charge is 0.507 e. The van der Waals surface area contributed by atoms with Gasteiger partial charge in [-0.3, -0.25) is 4.99 Å². The summed E-state index contributed by atoms with van der Waals surface area (Å²) >= 11 is 7.95. The van der Waals surface area contributed by atoms with Crippen LogP contribution in [-0.2, 0) is 0 Å². The Bertz CT molecular complexity index is 1460. The van der Waals surface area contributed by atoms with Crippen molar-refractivity contribution in [2.45, 2.75) is 23.5 Å². The summed E-state index contributed by atoms with van der Waals surface area (Å²) in [7, 11) is 1.64. The van der Waals surface area contributed by atoms with Crippen molar-refractivity contribution in [3.8, 4) is 11.5 Å². The average Bonchev–Trinajstić information content (AvgIpc) is 2.98. The third kappa shape index (κ3) is 4.12. The van der Waals surface area contributed by atoms with Gasteiger partial charge in [-0.15, -0.1) is 11.8 Å². The predicted octanol–water partition coefficient (Wildman–Crippen LogP) is 6.83. The number of rotatable bonds is 3. The molecule has 2 heterocycles. The number of aromatic hydroxyl groups is 1. The molecule has 0 spiro atoms. The van der Waals surface area contributed by atoms with Crippen LogP contribution >= 0.6 is 23.4 Å². The highest BCUT2D eigenvalue weighted by Crippen LogP contribution is 2.47. The number of benzene rings is 3. The van der Waals surface area contributed by atoms with E-state index in [1.807, 2.05) is 43.3 Å². The number of hydrogen-bond acceptors (Lipinski definition) is 6. The molecule has 0 saturated carbocycles. The number of phenolic OH excluding ortho intramolecular Hbond substituents is 1. The van der Waals surface area contributed by atoms with Crippen molar-refractivity contribution < 1.29 is 14.3 Å². The Balaban J connectivity index is 1.73. The van der Waals surface area contributed by atoms with Crippen LogP contribution < -0.4 is 10.4 Å². The number of halogens is 1. The molecule has 0 radical (unpaired) electrons. The van der Waals surface area contributed by atoms with Crippen molar-refractivity contribution in [3.63, 3.8) is 0 Å². The van der Waals surface area contributed by atoms with Crippen LogP contribution in [0.3, 0.4) is 0 Å². The van der Waals surface area contributed by atoms with E-state index in [4.69, 9.17) is 25.7 Å². The van der Waals surface area contributed by atoms with Gasteiger partial charge in [0.1, 0.15) is 11.5 Å². The van der Waals surface area contributed by atoms with Crippen molar-refractivity contribution in [1.29, 1.82) is 0 Å². The van der Waals surface area contributed by atoms with Gasteiger partial charge in [-0.05, 0) is 60.5 Å². The Morgan fingerprint density at radius 2 is 1.91 bits per heavy atom. The molecule has 4 aromatic rings. The quantitative estimate of drug-likeness (QED) is 0.327. The van der Waals surface area contributed by atoms with Crippen LogP contribution in [0.15, 0.2) is 79.8 Å². The van der Waals surface area contributed by atoms with Gasteiger partial charge in [0.15, 0.2) is 5.58 Å². The highest BCUT2D eigenvalue weighted by molar-refractivity contribution is 7.99. The van der Waals surface area contributed by atoms with E-state index < -0.39 is 5.63 Å². The Kier molecular flexibility index (Phi) is 5.64. The van der Waals surface area contributed by atoms with Crippen LogP contribution in [0, 0.1) is 6.92 Å². The normalized spacial score (nSPS) is 15.6. The summed E-state index contributed by atoms with van der Waals surface area (Å²) < 4.78 is 10.9. The molecule has 1 aliphatic heterocycles. The second-order valence-electron chi connectivity index (χ2n) is 7.84. The first-order valence-corrected chi connectivity index (χ1v) is 11.6.